The first kappa shape index (κ1) is 12.1. The third-order valence-electron chi connectivity index (χ3n) is 2.21. The van der Waals surface area contributed by atoms with Gasteiger partial charge < -0.3 is 5.73 Å². The van der Waals surface area contributed by atoms with Crippen LogP contribution >= 0.6 is 0 Å². The summed E-state index contributed by atoms with van der Waals surface area (Å²) in [5, 5.41) is 11.9. The van der Waals surface area contributed by atoms with Gasteiger partial charge in [0.2, 0.25) is 0 Å². The Morgan fingerprint density at radius 3 is 2.60 bits per heavy atom. The van der Waals surface area contributed by atoms with E-state index in [-0.39, 0.29) is 5.41 Å². The van der Waals surface area contributed by atoms with Crippen LogP contribution in [0.25, 0.3) is 0 Å². The predicted molar refractivity (Wildman–Crippen MR) is 58.0 cm³/mol. The third-order valence-corrected chi connectivity index (χ3v) is 2.21. The quantitative estimate of drug-likeness (QED) is 0.720. The van der Waals surface area contributed by atoms with E-state index in [4.69, 9.17) is 5.73 Å². The van der Waals surface area contributed by atoms with Gasteiger partial charge in [0.05, 0.1) is 13.6 Å². The number of hydrogen-bond donors (Lipinski definition) is 1. The van der Waals surface area contributed by atoms with Gasteiger partial charge in [0.1, 0.15) is 0 Å². The number of nitrogens with zero attached hydrogens (tertiary/aromatic N) is 5. The summed E-state index contributed by atoms with van der Waals surface area (Å²) in [7, 11) is 3.80. The molecule has 2 N–H and O–H groups in total. The number of tetrazole rings is 1. The molecule has 0 fully saturated rings. The lowest BCUT2D eigenvalue weighted by Crippen LogP contribution is -2.36. The van der Waals surface area contributed by atoms with Gasteiger partial charge in [0, 0.05) is 6.54 Å². The van der Waals surface area contributed by atoms with Crippen LogP contribution in [-0.2, 0) is 13.6 Å². The highest BCUT2D eigenvalue weighted by Crippen LogP contribution is 2.14. The molecule has 0 amide bonds. The molecule has 1 aromatic heterocycles. The minimum atomic E-state index is 0.122. The van der Waals surface area contributed by atoms with Crippen LogP contribution in [0.5, 0.6) is 0 Å². The number of aryl methyl sites for hydroxylation is 1. The lowest BCUT2D eigenvalue weighted by molar-refractivity contribution is 0.206. The van der Waals surface area contributed by atoms with E-state index in [1.54, 1.807) is 7.05 Å². The molecular weight excluding hydrogens is 192 g/mol. The van der Waals surface area contributed by atoms with E-state index in [2.05, 4.69) is 34.2 Å². The zero-order valence-corrected chi connectivity index (χ0v) is 9.93. The second-order valence-corrected chi connectivity index (χ2v) is 4.74. The molecule has 1 aromatic rings. The van der Waals surface area contributed by atoms with Gasteiger partial charge in [-0.3, -0.25) is 4.90 Å². The van der Waals surface area contributed by atoms with Crippen LogP contribution in [0.3, 0.4) is 0 Å². The highest BCUT2D eigenvalue weighted by molar-refractivity contribution is 4.79. The summed E-state index contributed by atoms with van der Waals surface area (Å²) in [6.45, 7) is 6.59. The first-order chi connectivity index (χ1) is 6.93. The van der Waals surface area contributed by atoms with Crippen LogP contribution in [0.1, 0.15) is 19.7 Å². The highest BCUT2D eigenvalue weighted by atomic mass is 15.6. The maximum atomic E-state index is 5.68. The molecule has 86 valence electrons. The van der Waals surface area contributed by atoms with Crippen molar-refractivity contribution in [2.75, 3.05) is 20.1 Å². The van der Waals surface area contributed by atoms with E-state index in [0.717, 1.165) is 12.4 Å². The Hall–Kier alpha value is -1.01. The molecule has 0 radical (unpaired) electrons. The Bertz CT molecular complexity index is 305. The maximum absolute atomic E-state index is 5.68. The zero-order valence-electron chi connectivity index (χ0n) is 9.93. The molecule has 0 atom stereocenters. The predicted octanol–water partition coefficient (Wildman–Crippen LogP) is -0.373. The van der Waals surface area contributed by atoms with Gasteiger partial charge >= 0.3 is 0 Å². The Morgan fingerprint density at radius 2 is 2.13 bits per heavy atom. The SMILES string of the molecule is CN(Cc1nnn(C)n1)CC(C)(C)CN. The molecule has 1 heterocycles. The molecule has 0 aliphatic heterocycles. The van der Waals surface area contributed by atoms with Crippen LogP contribution in [-0.4, -0.2) is 45.2 Å². The van der Waals surface area contributed by atoms with Gasteiger partial charge in [-0.05, 0) is 24.2 Å². The van der Waals surface area contributed by atoms with Crippen LogP contribution in [0.2, 0.25) is 0 Å². The van der Waals surface area contributed by atoms with E-state index in [0.29, 0.717) is 13.1 Å². The molecule has 0 saturated carbocycles. The normalized spacial score (nSPS) is 12.4. The fourth-order valence-electron chi connectivity index (χ4n) is 1.48. The average Bonchev–Trinajstić information content (AvgIpc) is 2.50. The van der Waals surface area contributed by atoms with Crippen molar-refractivity contribution in [3.8, 4) is 0 Å². The topological polar surface area (TPSA) is 72.9 Å². The van der Waals surface area contributed by atoms with Crippen molar-refractivity contribution in [3.05, 3.63) is 5.82 Å². The molecule has 0 aliphatic carbocycles. The van der Waals surface area contributed by atoms with Crippen molar-refractivity contribution in [1.29, 1.82) is 0 Å². The molecule has 0 unspecified atom stereocenters. The van der Waals surface area contributed by atoms with Gasteiger partial charge in [-0.15, -0.1) is 10.2 Å². The van der Waals surface area contributed by atoms with E-state index in [9.17, 15) is 0 Å². The fourth-order valence-corrected chi connectivity index (χ4v) is 1.48. The van der Waals surface area contributed by atoms with Crippen molar-refractivity contribution in [2.24, 2.45) is 18.2 Å². The fraction of sp³-hybridized carbons (Fsp3) is 0.889. The van der Waals surface area contributed by atoms with E-state index in [1.807, 2.05) is 7.05 Å². The standard InChI is InChI=1S/C9H20N6/c1-9(2,6-10)7-14(3)5-8-11-13-15(4)12-8/h5-7,10H2,1-4H3. The molecule has 0 bridgehead atoms. The van der Waals surface area contributed by atoms with Crippen molar-refractivity contribution in [2.45, 2.75) is 20.4 Å². The van der Waals surface area contributed by atoms with Gasteiger partial charge in [0.25, 0.3) is 0 Å². The van der Waals surface area contributed by atoms with E-state index >= 15 is 0 Å². The van der Waals surface area contributed by atoms with Gasteiger partial charge in [0.15, 0.2) is 5.82 Å². The Morgan fingerprint density at radius 1 is 1.47 bits per heavy atom. The summed E-state index contributed by atoms with van der Waals surface area (Å²) >= 11 is 0. The molecule has 0 saturated heterocycles. The monoisotopic (exact) mass is 212 g/mol. The van der Waals surface area contributed by atoms with E-state index in [1.165, 1.54) is 4.80 Å². The van der Waals surface area contributed by atoms with Crippen LogP contribution in [0, 0.1) is 5.41 Å². The summed E-state index contributed by atoms with van der Waals surface area (Å²) in [6, 6.07) is 0. The zero-order chi connectivity index (χ0) is 11.5. The van der Waals surface area contributed by atoms with Crippen molar-refractivity contribution in [3.63, 3.8) is 0 Å². The minimum Gasteiger partial charge on any atom is -0.330 e. The largest absolute Gasteiger partial charge is 0.330 e. The summed E-state index contributed by atoms with van der Waals surface area (Å²) in [6.07, 6.45) is 0. The lowest BCUT2D eigenvalue weighted by atomic mass is 9.93. The molecule has 1 rings (SSSR count). The average molecular weight is 212 g/mol. The van der Waals surface area contributed by atoms with Crippen molar-refractivity contribution in [1.82, 2.24) is 25.1 Å². The van der Waals surface area contributed by atoms with Gasteiger partial charge in [-0.2, -0.15) is 4.80 Å². The van der Waals surface area contributed by atoms with Crippen LogP contribution in [0.15, 0.2) is 0 Å². The van der Waals surface area contributed by atoms with Gasteiger partial charge in [-0.25, -0.2) is 0 Å². The summed E-state index contributed by atoms with van der Waals surface area (Å²) in [5.74, 6) is 0.743. The minimum absolute atomic E-state index is 0.122. The summed E-state index contributed by atoms with van der Waals surface area (Å²) < 4.78 is 0. The van der Waals surface area contributed by atoms with Gasteiger partial charge in [-0.1, -0.05) is 13.8 Å². The van der Waals surface area contributed by atoms with Crippen LogP contribution < -0.4 is 5.73 Å². The number of aromatic nitrogens is 4. The third kappa shape index (κ3) is 3.93. The molecule has 0 aliphatic rings. The Kier molecular flexibility index (Phi) is 3.76. The van der Waals surface area contributed by atoms with Crippen molar-refractivity contribution < 1.29 is 0 Å². The number of nitrogens with two attached hydrogens (primary N) is 1. The number of rotatable bonds is 5. The first-order valence-corrected chi connectivity index (χ1v) is 5.04. The Balaban J connectivity index is 2.46. The second-order valence-electron chi connectivity index (χ2n) is 4.74. The molecule has 15 heavy (non-hydrogen) atoms. The molecule has 0 spiro atoms. The lowest BCUT2D eigenvalue weighted by Gasteiger charge is -2.28. The van der Waals surface area contributed by atoms with Crippen LogP contribution in [0.4, 0.5) is 0 Å². The first-order valence-electron chi connectivity index (χ1n) is 5.04. The molecule has 6 nitrogen and oxygen atoms in total. The smallest absolute Gasteiger partial charge is 0.188 e. The summed E-state index contributed by atoms with van der Waals surface area (Å²) in [4.78, 5) is 3.63. The highest BCUT2D eigenvalue weighted by Gasteiger charge is 2.18. The molecule has 0 aromatic carbocycles. The van der Waals surface area contributed by atoms with E-state index < -0.39 is 0 Å². The molecule has 6 heteroatoms. The van der Waals surface area contributed by atoms with Crippen molar-refractivity contribution >= 4 is 0 Å². The maximum Gasteiger partial charge on any atom is 0.188 e. The molecular formula is C9H20N6. The second kappa shape index (κ2) is 4.67. The Labute approximate surface area is 90.4 Å². The summed E-state index contributed by atoms with van der Waals surface area (Å²) in [5.41, 5.74) is 5.80. The number of hydrogen-bond acceptors (Lipinski definition) is 5.